The Hall–Kier alpha value is -1.61. The smallest absolute Gasteiger partial charge is 0.220 e. The highest BCUT2D eigenvalue weighted by Gasteiger charge is 2.13. The van der Waals surface area contributed by atoms with Gasteiger partial charge in [-0.2, -0.15) is 0 Å². The van der Waals surface area contributed by atoms with Gasteiger partial charge in [0.1, 0.15) is 0 Å². The van der Waals surface area contributed by atoms with Gasteiger partial charge in [0.2, 0.25) is 5.91 Å². The van der Waals surface area contributed by atoms with E-state index in [1.807, 2.05) is 0 Å². The number of unbranched alkanes of at least 4 members (excludes halogenated alkanes) is 4. The Bertz CT molecular complexity index is 467. The molecular formula is C24H41NO2. The van der Waals surface area contributed by atoms with E-state index in [-0.39, 0.29) is 5.91 Å². The molecule has 0 aromatic rings. The van der Waals surface area contributed by atoms with E-state index in [2.05, 4.69) is 60.8 Å². The van der Waals surface area contributed by atoms with E-state index in [9.17, 15) is 9.90 Å². The van der Waals surface area contributed by atoms with Gasteiger partial charge in [-0.3, -0.25) is 4.79 Å². The highest BCUT2D eigenvalue weighted by atomic mass is 16.3. The predicted molar refractivity (Wildman–Crippen MR) is 118 cm³/mol. The summed E-state index contributed by atoms with van der Waals surface area (Å²) in [5.41, 5.74) is -0.845. The maximum absolute atomic E-state index is 11.6. The van der Waals surface area contributed by atoms with E-state index in [0.717, 1.165) is 32.1 Å². The third-order valence-corrected chi connectivity index (χ3v) is 3.95. The van der Waals surface area contributed by atoms with Gasteiger partial charge in [-0.25, -0.2) is 0 Å². The Balaban J connectivity index is 3.52. The number of aliphatic hydroxyl groups is 1. The van der Waals surface area contributed by atoms with Gasteiger partial charge in [-0.1, -0.05) is 68.4 Å². The van der Waals surface area contributed by atoms with Crippen LogP contribution in [0.4, 0.5) is 0 Å². The summed E-state index contributed by atoms with van der Waals surface area (Å²) in [4.78, 5) is 11.6. The standard InChI is InChI=1S/C24H41NO2/c1-4-5-6-7-8-9-10-11-12-13-14-15-16-17-18-19-20-21-23(26)25-22-24(2,3)27/h8-9,11-12,14-15,17-18,27H,4-7,10,13,16,19-22H2,1-3H3,(H,25,26)/b9-8-,12-11-,15-14-,18-17-. The SMILES string of the molecule is CCCCC/C=C\C/C=C\C/C=C\C/C=C\CCCC(=O)NCC(C)(C)O. The molecule has 0 spiro atoms. The van der Waals surface area contributed by atoms with Crippen molar-refractivity contribution >= 4 is 5.91 Å². The number of hydrogen-bond acceptors (Lipinski definition) is 2. The minimum atomic E-state index is -0.845. The highest BCUT2D eigenvalue weighted by Crippen LogP contribution is 2.02. The van der Waals surface area contributed by atoms with Crippen LogP contribution in [0, 0.1) is 0 Å². The molecule has 0 aromatic heterocycles. The van der Waals surface area contributed by atoms with E-state index in [4.69, 9.17) is 0 Å². The molecule has 2 N–H and O–H groups in total. The van der Waals surface area contributed by atoms with Gasteiger partial charge in [-0.05, 0) is 58.8 Å². The van der Waals surface area contributed by atoms with Crippen molar-refractivity contribution in [2.75, 3.05) is 6.54 Å². The molecule has 0 saturated carbocycles. The van der Waals surface area contributed by atoms with Crippen molar-refractivity contribution in [2.45, 2.75) is 90.6 Å². The lowest BCUT2D eigenvalue weighted by molar-refractivity contribution is -0.122. The molecule has 154 valence electrons. The van der Waals surface area contributed by atoms with Crippen LogP contribution in [0.25, 0.3) is 0 Å². The first-order valence-electron chi connectivity index (χ1n) is 10.5. The molecule has 0 atom stereocenters. The molecule has 0 aliphatic carbocycles. The van der Waals surface area contributed by atoms with Gasteiger partial charge in [0, 0.05) is 13.0 Å². The molecule has 0 aliphatic rings. The van der Waals surface area contributed by atoms with Gasteiger partial charge in [-0.15, -0.1) is 0 Å². The van der Waals surface area contributed by atoms with Gasteiger partial charge in [0.15, 0.2) is 0 Å². The number of allylic oxidation sites excluding steroid dienone is 8. The molecule has 0 bridgehead atoms. The van der Waals surface area contributed by atoms with Crippen LogP contribution < -0.4 is 5.32 Å². The second-order valence-corrected chi connectivity index (χ2v) is 7.57. The fourth-order valence-corrected chi connectivity index (χ4v) is 2.34. The van der Waals surface area contributed by atoms with Gasteiger partial charge in [0.05, 0.1) is 5.60 Å². The third kappa shape index (κ3) is 22.3. The summed E-state index contributed by atoms with van der Waals surface area (Å²) < 4.78 is 0. The van der Waals surface area contributed by atoms with Gasteiger partial charge in [0.25, 0.3) is 0 Å². The summed E-state index contributed by atoms with van der Waals surface area (Å²) in [5.74, 6) is 0.00742. The van der Waals surface area contributed by atoms with Crippen molar-refractivity contribution in [1.82, 2.24) is 5.32 Å². The lowest BCUT2D eigenvalue weighted by Crippen LogP contribution is -2.38. The number of nitrogens with one attached hydrogen (secondary N) is 1. The van der Waals surface area contributed by atoms with Crippen LogP contribution in [0.1, 0.15) is 85.0 Å². The first kappa shape index (κ1) is 25.4. The molecule has 0 saturated heterocycles. The first-order chi connectivity index (χ1) is 13.0. The quantitative estimate of drug-likeness (QED) is 0.256. The zero-order chi connectivity index (χ0) is 20.2. The zero-order valence-corrected chi connectivity index (χ0v) is 17.8. The van der Waals surface area contributed by atoms with Crippen molar-refractivity contribution in [3.05, 3.63) is 48.6 Å². The highest BCUT2D eigenvalue weighted by molar-refractivity contribution is 5.75. The van der Waals surface area contributed by atoms with E-state index < -0.39 is 5.60 Å². The van der Waals surface area contributed by atoms with Gasteiger partial charge >= 0.3 is 0 Å². The Morgan fingerprint density at radius 2 is 1.30 bits per heavy atom. The maximum Gasteiger partial charge on any atom is 0.220 e. The minimum absolute atomic E-state index is 0.00742. The molecule has 3 nitrogen and oxygen atoms in total. The second kappa shape index (κ2) is 17.8. The topological polar surface area (TPSA) is 49.3 Å². The molecule has 1 amide bonds. The Kier molecular flexibility index (Phi) is 16.7. The average Bonchev–Trinajstić information content (AvgIpc) is 2.62. The molecule has 0 aliphatic heterocycles. The van der Waals surface area contributed by atoms with Crippen LogP contribution in [-0.2, 0) is 4.79 Å². The molecule has 0 rings (SSSR count). The largest absolute Gasteiger partial charge is 0.389 e. The number of rotatable bonds is 16. The number of carbonyl (C=O) groups is 1. The lowest BCUT2D eigenvalue weighted by Gasteiger charge is -2.17. The first-order valence-corrected chi connectivity index (χ1v) is 10.5. The van der Waals surface area contributed by atoms with E-state index >= 15 is 0 Å². The molecule has 0 aromatic carbocycles. The number of amides is 1. The molecule has 0 fully saturated rings. The van der Waals surface area contributed by atoms with Crippen molar-refractivity contribution in [3.63, 3.8) is 0 Å². The third-order valence-electron chi connectivity index (χ3n) is 3.95. The minimum Gasteiger partial charge on any atom is -0.389 e. The summed E-state index contributed by atoms with van der Waals surface area (Å²) in [6.07, 6.45) is 28.0. The second-order valence-electron chi connectivity index (χ2n) is 7.57. The Labute approximate surface area is 167 Å². The van der Waals surface area contributed by atoms with Crippen molar-refractivity contribution in [2.24, 2.45) is 0 Å². The normalized spacial score (nSPS) is 12.9. The Morgan fingerprint density at radius 3 is 1.78 bits per heavy atom. The summed E-state index contributed by atoms with van der Waals surface area (Å²) in [5, 5.41) is 12.3. The molecule has 27 heavy (non-hydrogen) atoms. The average molecular weight is 376 g/mol. The predicted octanol–water partition coefficient (Wildman–Crippen LogP) is 6.02. The molecule has 0 unspecified atom stereocenters. The molecule has 3 heteroatoms. The maximum atomic E-state index is 11.6. The van der Waals surface area contributed by atoms with Crippen molar-refractivity contribution in [1.29, 1.82) is 0 Å². The van der Waals surface area contributed by atoms with Crippen LogP contribution in [0.2, 0.25) is 0 Å². The van der Waals surface area contributed by atoms with Crippen molar-refractivity contribution in [3.8, 4) is 0 Å². The van der Waals surface area contributed by atoms with Crippen molar-refractivity contribution < 1.29 is 9.90 Å². The monoisotopic (exact) mass is 375 g/mol. The summed E-state index contributed by atoms with van der Waals surface area (Å²) >= 11 is 0. The number of carbonyl (C=O) groups excluding carboxylic acids is 1. The van der Waals surface area contributed by atoms with E-state index in [1.54, 1.807) is 13.8 Å². The Morgan fingerprint density at radius 1 is 0.815 bits per heavy atom. The zero-order valence-electron chi connectivity index (χ0n) is 17.8. The summed E-state index contributed by atoms with van der Waals surface area (Å²) in [6, 6.07) is 0. The summed E-state index contributed by atoms with van der Waals surface area (Å²) in [6.45, 7) is 5.91. The van der Waals surface area contributed by atoms with Crippen LogP contribution >= 0.6 is 0 Å². The van der Waals surface area contributed by atoms with Crippen LogP contribution in [-0.4, -0.2) is 23.2 Å². The van der Waals surface area contributed by atoms with E-state index in [1.165, 1.54) is 25.7 Å². The fraction of sp³-hybridized carbons (Fsp3) is 0.625. The van der Waals surface area contributed by atoms with E-state index in [0.29, 0.717) is 13.0 Å². The fourth-order valence-electron chi connectivity index (χ4n) is 2.34. The molecular weight excluding hydrogens is 334 g/mol. The van der Waals surface area contributed by atoms with Crippen LogP contribution in [0.5, 0.6) is 0 Å². The lowest BCUT2D eigenvalue weighted by atomic mass is 10.1. The summed E-state index contributed by atoms with van der Waals surface area (Å²) in [7, 11) is 0. The van der Waals surface area contributed by atoms with Crippen LogP contribution in [0.3, 0.4) is 0 Å². The van der Waals surface area contributed by atoms with Gasteiger partial charge < -0.3 is 10.4 Å². The van der Waals surface area contributed by atoms with Crippen LogP contribution in [0.15, 0.2) is 48.6 Å². The molecule has 0 heterocycles. The molecule has 0 radical (unpaired) electrons. The number of hydrogen-bond donors (Lipinski definition) is 2.